The summed E-state index contributed by atoms with van der Waals surface area (Å²) in [4.78, 5) is 2.83. The van der Waals surface area contributed by atoms with Gasteiger partial charge in [-0.25, -0.2) is 0 Å². The van der Waals surface area contributed by atoms with Gasteiger partial charge in [0.15, 0.2) is 0 Å². The second-order valence-corrected chi connectivity index (χ2v) is 6.76. The van der Waals surface area contributed by atoms with E-state index in [1.807, 2.05) is 0 Å². The number of piperazine rings is 1. The molecule has 1 N–H and O–H groups in total. The average molecular weight is 286 g/mol. The lowest BCUT2D eigenvalue weighted by Gasteiger charge is -2.46. The maximum absolute atomic E-state index is 3.77. The number of hydrogen-bond donors (Lipinski definition) is 1. The highest BCUT2D eigenvalue weighted by atomic mass is 15.3. The number of nitrogens with zero attached hydrogens (tertiary/aromatic N) is 1. The molecular formula is C19H30N2. The fraction of sp³-hybridized carbons (Fsp3) is 0.684. The van der Waals surface area contributed by atoms with Crippen molar-refractivity contribution < 1.29 is 0 Å². The van der Waals surface area contributed by atoms with Crippen LogP contribution in [0.25, 0.3) is 0 Å². The fourth-order valence-corrected chi connectivity index (χ4v) is 4.26. The van der Waals surface area contributed by atoms with E-state index in [1.165, 1.54) is 51.6 Å². The quantitative estimate of drug-likeness (QED) is 0.902. The first-order chi connectivity index (χ1) is 10.3. The highest BCUT2D eigenvalue weighted by Gasteiger charge is 2.34. The van der Waals surface area contributed by atoms with Gasteiger partial charge in [0.1, 0.15) is 0 Å². The molecule has 0 radical (unpaired) electrons. The molecule has 2 heteroatoms. The van der Waals surface area contributed by atoms with Gasteiger partial charge in [0.2, 0.25) is 0 Å². The number of fused-ring (bicyclic) bond motifs is 1. The fourth-order valence-electron chi connectivity index (χ4n) is 4.26. The maximum Gasteiger partial charge on any atom is 0.0355 e. The summed E-state index contributed by atoms with van der Waals surface area (Å²) in [7, 11) is 0. The van der Waals surface area contributed by atoms with Crippen LogP contribution >= 0.6 is 0 Å². The van der Waals surface area contributed by atoms with Gasteiger partial charge < -0.3 is 5.32 Å². The lowest BCUT2D eigenvalue weighted by molar-refractivity contribution is 0.0671. The van der Waals surface area contributed by atoms with Gasteiger partial charge in [-0.2, -0.15) is 0 Å². The number of rotatable bonds is 4. The van der Waals surface area contributed by atoms with E-state index < -0.39 is 0 Å². The smallest absolute Gasteiger partial charge is 0.0355 e. The van der Waals surface area contributed by atoms with Crippen LogP contribution in [0.1, 0.15) is 63.1 Å². The van der Waals surface area contributed by atoms with Gasteiger partial charge in [-0.15, -0.1) is 0 Å². The second-order valence-electron chi connectivity index (χ2n) is 6.76. The summed E-state index contributed by atoms with van der Waals surface area (Å²) < 4.78 is 0. The van der Waals surface area contributed by atoms with Crippen molar-refractivity contribution in [3.05, 3.63) is 35.4 Å². The molecule has 0 amide bonds. The monoisotopic (exact) mass is 286 g/mol. The largest absolute Gasteiger partial charge is 0.311 e. The van der Waals surface area contributed by atoms with Crippen molar-refractivity contribution >= 4 is 0 Å². The van der Waals surface area contributed by atoms with E-state index in [2.05, 4.69) is 48.3 Å². The molecular weight excluding hydrogens is 256 g/mol. The highest BCUT2D eigenvalue weighted by molar-refractivity contribution is 5.32. The summed E-state index contributed by atoms with van der Waals surface area (Å²) >= 11 is 0. The zero-order valence-electron chi connectivity index (χ0n) is 13.6. The molecule has 3 rings (SSSR count). The molecule has 1 fully saturated rings. The predicted octanol–water partition coefficient (Wildman–Crippen LogP) is 3.92. The molecule has 1 aromatic rings. The normalized spacial score (nSPS) is 30.1. The van der Waals surface area contributed by atoms with E-state index in [-0.39, 0.29) is 0 Å². The summed E-state index contributed by atoms with van der Waals surface area (Å²) in [5.41, 5.74) is 3.20. The van der Waals surface area contributed by atoms with E-state index in [0.29, 0.717) is 18.1 Å². The van der Waals surface area contributed by atoms with Crippen molar-refractivity contribution in [2.45, 2.75) is 70.5 Å². The summed E-state index contributed by atoms with van der Waals surface area (Å²) in [6.07, 6.45) is 7.80. The van der Waals surface area contributed by atoms with Crippen molar-refractivity contribution in [3.8, 4) is 0 Å². The molecule has 0 bridgehead atoms. The second kappa shape index (κ2) is 6.93. The third-order valence-corrected chi connectivity index (χ3v) is 5.39. The first kappa shape index (κ1) is 15.1. The summed E-state index contributed by atoms with van der Waals surface area (Å²) in [6.45, 7) is 7.03. The molecule has 2 aliphatic rings. The van der Waals surface area contributed by atoms with Crippen LogP contribution in [0.15, 0.2) is 24.3 Å². The van der Waals surface area contributed by atoms with Gasteiger partial charge in [-0.3, -0.25) is 4.90 Å². The van der Waals surface area contributed by atoms with Crippen LogP contribution in [0.5, 0.6) is 0 Å². The van der Waals surface area contributed by atoms with Gasteiger partial charge in [0.05, 0.1) is 0 Å². The molecule has 3 unspecified atom stereocenters. The molecule has 1 aliphatic heterocycles. The zero-order valence-corrected chi connectivity index (χ0v) is 13.6. The summed E-state index contributed by atoms with van der Waals surface area (Å²) in [5.74, 6) is 0. The third-order valence-electron chi connectivity index (χ3n) is 5.39. The SMILES string of the molecule is CCCC1CN(C2CCCc3ccccc32)C(CC)CN1. The molecule has 1 aromatic carbocycles. The highest BCUT2D eigenvalue weighted by Crippen LogP contribution is 2.36. The van der Waals surface area contributed by atoms with Crippen LogP contribution in [0.3, 0.4) is 0 Å². The van der Waals surface area contributed by atoms with Crippen LogP contribution in [0.4, 0.5) is 0 Å². The van der Waals surface area contributed by atoms with Gasteiger partial charge in [-0.1, -0.05) is 44.5 Å². The number of benzene rings is 1. The molecule has 2 nitrogen and oxygen atoms in total. The summed E-state index contributed by atoms with van der Waals surface area (Å²) in [5, 5.41) is 3.77. The van der Waals surface area contributed by atoms with Gasteiger partial charge in [0.25, 0.3) is 0 Å². The Bertz CT molecular complexity index is 457. The number of hydrogen-bond acceptors (Lipinski definition) is 2. The molecule has 21 heavy (non-hydrogen) atoms. The van der Waals surface area contributed by atoms with Gasteiger partial charge >= 0.3 is 0 Å². The van der Waals surface area contributed by atoms with Crippen LogP contribution in [-0.2, 0) is 6.42 Å². The van der Waals surface area contributed by atoms with E-state index >= 15 is 0 Å². The molecule has 1 saturated heterocycles. The van der Waals surface area contributed by atoms with Crippen LogP contribution in [0.2, 0.25) is 0 Å². The minimum atomic E-state index is 0.654. The third kappa shape index (κ3) is 3.17. The van der Waals surface area contributed by atoms with E-state index in [1.54, 1.807) is 11.1 Å². The molecule has 0 spiro atoms. The Morgan fingerprint density at radius 1 is 1.24 bits per heavy atom. The average Bonchev–Trinajstić information content (AvgIpc) is 2.54. The lowest BCUT2D eigenvalue weighted by atomic mass is 9.85. The Balaban J connectivity index is 1.83. The maximum atomic E-state index is 3.77. The molecule has 0 aromatic heterocycles. The van der Waals surface area contributed by atoms with Crippen molar-refractivity contribution in [1.82, 2.24) is 10.2 Å². The van der Waals surface area contributed by atoms with Crippen LogP contribution in [-0.4, -0.2) is 30.1 Å². The molecule has 0 saturated carbocycles. The molecule has 1 aliphatic carbocycles. The minimum Gasteiger partial charge on any atom is -0.311 e. The first-order valence-electron chi connectivity index (χ1n) is 8.90. The molecule has 1 heterocycles. The van der Waals surface area contributed by atoms with Gasteiger partial charge in [-0.05, 0) is 43.2 Å². The van der Waals surface area contributed by atoms with Crippen LogP contribution in [0, 0.1) is 0 Å². The van der Waals surface area contributed by atoms with Crippen LogP contribution < -0.4 is 5.32 Å². The molecule has 3 atom stereocenters. The standard InChI is InChI=1S/C19H30N2/c1-3-8-16-14-21(17(4-2)13-20-16)19-12-7-10-15-9-5-6-11-18(15)19/h5-6,9,11,16-17,19-20H,3-4,7-8,10,12-14H2,1-2H3. The topological polar surface area (TPSA) is 15.3 Å². The van der Waals surface area contributed by atoms with Crippen molar-refractivity contribution in [3.63, 3.8) is 0 Å². The van der Waals surface area contributed by atoms with E-state index in [9.17, 15) is 0 Å². The Kier molecular flexibility index (Phi) is 4.97. The Morgan fingerprint density at radius 3 is 2.90 bits per heavy atom. The lowest BCUT2D eigenvalue weighted by Crippen LogP contribution is -2.57. The van der Waals surface area contributed by atoms with Crippen molar-refractivity contribution in [2.75, 3.05) is 13.1 Å². The Morgan fingerprint density at radius 2 is 2.10 bits per heavy atom. The number of aryl methyl sites for hydroxylation is 1. The van der Waals surface area contributed by atoms with Gasteiger partial charge in [0, 0.05) is 31.2 Å². The predicted molar refractivity (Wildman–Crippen MR) is 89.6 cm³/mol. The van der Waals surface area contributed by atoms with Crippen molar-refractivity contribution in [2.24, 2.45) is 0 Å². The first-order valence-corrected chi connectivity index (χ1v) is 8.90. The Hall–Kier alpha value is -0.860. The molecule has 116 valence electrons. The zero-order chi connectivity index (χ0) is 14.7. The Labute approximate surface area is 129 Å². The summed E-state index contributed by atoms with van der Waals surface area (Å²) in [6, 6.07) is 11.2. The van der Waals surface area contributed by atoms with Crippen molar-refractivity contribution in [1.29, 1.82) is 0 Å². The number of nitrogens with one attached hydrogen (secondary N) is 1. The van der Waals surface area contributed by atoms with E-state index in [0.717, 1.165) is 0 Å². The van der Waals surface area contributed by atoms with E-state index in [4.69, 9.17) is 0 Å². The minimum absolute atomic E-state index is 0.654.